The van der Waals surface area contributed by atoms with E-state index in [9.17, 15) is 10.1 Å². The summed E-state index contributed by atoms with van der Waals surface area (Å²) in [5.41, 5.74) is 3.03. The molecule has 2 aromatic rings. The molecule has 0 amide bonds. The Morgan fingerprint density at radius 1 is 1.46 bits per heavy atom. The maximum absolute atomic E-state index is 10.9. The highest BCUT2D eigenvalue weighted by Crippen LogP contribution is 2.27. The monoisotopic (exact) mass is 327 g/mol. The third-order valence-corrected chi connectivity index (χ3v) is 2.85. The molecule has 0 unspecified atom stereocenters. The molecule has 122 valence electrons. The molecule has 0 aliphatic carbocycles. The first kappa shape index (κ1) is 16.7. The van der Waals surface area contributed by atoms with Crippen molar-refractivity contribution in [3.8, 4) is 17.6 Å². The van der Waals surface area contributed by atoms with E-state index < -0.39 is 4.92 Å². The number of methoxy groups -OCH3 is 1. The SMILES string of the molecule is COc1cc(/C=N\Nc2ncccc2[N+](=O)[O-])ccc1OCC#N. The summed E-state index contributed by atoms with van der Waals surface area (Å²) in [6.07, 6.45) is 2.88. The normalized spacial score (nSPS) is 10.2. The molecule has 1 aromatic heterocycles. The highest BCUT2D eigenvalue weighted by Gasteiger charge is 2.12. The minimum atomic E-state index is -0.546. The van der Waals surface area contributed by atoms with Gasteiger partial charge in [-0.05, 0) is 29.8 Å². The maximum Gasteiger partial charge on any atom is 0.313 e. The number of nitrogens with one attached hydrogen (secondary N) is 1. The van der Waals surface area contributed by atoms with Crippen LogP contribution in [0.3, 0.4) is 0 Å². The molecular weight excluding hydrogens is 314 g/mol. The number of nitriles is 1. The van der Waals surface area contributed by atoms with E-state index in [0.717, 1.165) is 0 Å². The zero-order chi connectivity index (χ0) is 17.4. The fraction of sp³-hybridized carbons (Fsp3) is 0.133. The Bertz CT molecular complexity index is 801. The summed E-state index contributed by atoms with van der Waals surface area (Å²) in [6, 6.07) is 9.67. The van der Waals surface area contributed by atoms with Crippen molar-refractivity contribution in [2.75, 3.05) is 19.1 Å². The minimum Gasteiger partial charge on any atom is -0.493 e. The molecule has 0 bridgehead atoms. The summed E-state index contributed by atoms with van der Waals surface area (Å²) >= 11 is 0. The van der Waals surface area contributed by atoms with Gasteiger partial charge in [-0.15, -0.1) is 0 Å². The van der Waals surface area contributed by atoms with Gasteiger partial charge < -0.3 is 9.47 Å². The molecule has 1 N–H and O–H groups in total. The highest BCUT2D eigenvalue weighted by molar-refractivity contribution is 5.81. The topological polar surface area (TPSA) is 123 Å². The van der Waals surface area contributed by atoms with Crippen molar-refractivity contribution in [2.45, 2.75) is 0 Å². The van der Waals surface area contributed by atoms with Crippen molar-refractivity contribution in [3.05, 3.63) is 52.2 Å². The van der Waals surface area contributed by atoms with Gasteiger partial charge in [-0.3, -0.25) is 15.5 Å². The molecule has 9 nitrogen and oxygen atoms in total. The van der Waals surface area contributed by atoms with Gasteiger partial charge in [0.15, 0.2) is 18.1 Å². The second-order valence-corrected chi connectivity index (χ2v) is 4.36. The van der Waals surface area contributed by atoms with Crippen LogP contribution in [-0.2, 0) is 0 Å². The van der Waals surface area contributed by atoms with Crippen LogP contribution >= 0.6 is 0 Å². The Morgan fingerprint density at radius 3 is 3.00 bits per heavy atom. The van der Waals surface area contributed by atoms with E-state index >= 15 is 0 Å². The van der Waals surface area contributed by atoms with Crippen LogP contribution in [-0.4, -0.2) is 29.8 Å². The molecule has 0 atom stereocenters. The van der Waals surface area contributed by atoms with E-state index in [0.29, 0.717) is 17.1 Å². The maximum atomic E-state index is 10.9. The van der Waals surface area contributed by atoms with Crippen LogP contribution in [0.5, 0.6) is 11.5 Å². The zero-order valence-electron chi connectivity index (χ0n) is 12.7. The molecule has 0 radical (unpaired) electrons. The Balaban J connectivity index is 2.12. The standard InChI is InChI=1S/C15H13N5O4/c1-23-14-9-11(4-5-13(14)24-8-6-16)10-18-19-15-12(20(21)22)3-2-7-17-15/h2-5,7,9-10H,8H2,1H3,(H,17,19)/b18-10-. The lowest BCUT2D eigenvalue weighted by molar-refractivity contribution is -0.384. The number of ether oxygens (including phenoxy) is 2. The Labute approximate surface area is 137 Å². The van der Waals surface area contributed by atoms with Gasteiger partial charge in [-0.25, -0.2) is 4.98 Å². The molecule has 0 fully saturated rings. The molecule has 1 aromatic carbocycles. The number of benzene rings is 1. The van der Waals surface area contributed by atoms with Crippen molar-refractivity contribution in [1.29, 1.82) is 5.26 Å². The average molecular weight is 327 g/mol. The third-order valence-electron chi connectivity index (χ3n) is 2.85. The quantitative estimate of drug-likeness (QED) is 0.470. The third kappa shape index (κ3) is 4.17. The molecule has 2 rings (SSSR count). The molecule has 0 spiro atoms. The number of hydrazone groups is 1. The van der Waals surface area contributed by atoms with Gasteiger partial charge in [0, 0.05) is 12.3 Å². The van der Waals surface area contributed by atoms with Crippen LogP contribution in [0.1, 0.15) is 5.56 Å². The Hall–Kier alpha value is -3.67. The van der Waals surface area contributed by atoms with E-state index in [-0.39, 0.29) is 18.1 Å². The first-order chi connectivity index (χ1) is 11.7. The fourth-order valence-corrected chi connectivity index (χ4v) is 1.79. The number of pyridine rings is 1. The number of hydrogen-bond donors (Lipinski definition) is 1. The average Bonchev–Trinajstić information content (AvgIpc) is 2.60. The molecule has 0 saturated carbocycles. The second-order valence-electron chi connectivity index (χ2n) is 4.36. The van der Waals surface area contributed by atoms with Gasteiger partial charge >= 0.3 is 5.69 Å². The number of anilines is 1. The van der Waals surface area contributed by atoms with Gasteiger partial charge in [-0.2, -0.15) is 10.4 Å². The molecule has 1 heterocycles. The van der Waals surface area contributed by atoms with Crippen molar-refractivity contribution in [3.63, 3.8) is 0 Å². The number of rotatable bonds is 7. The second kappa shape index (κ2) is 8.09. The molecule has 0 saturated heterocycles. The molecular formula is C15H13N5O4. The Kier molecular flexibility index (Phi) is 5.63. The summed E-state index contributed by atoms with van der Waals surface area (Å²) in [6.45, 7) is -0.0886. The van der Waals surface area contributed by atoms with E-state index in [2.05, 4.69) is 15.5 Å². The van der Waals surface area contributed by atoms with Gasteiger partial charge in [-0.1, -0.05) is 0 Å². The number of nitrogens with zero attached hydrogens (tertiary/aromatic N) is 4. The van der Waals surface area contributed by atoms with Crippen molar-refractivity contribution in [1.82, 2.24) is 4.98 Å². The lowest BCUT2D eigenvalue weighted by Crippen LogP contribution is -2.00. The summed E-state index contributed by atoms with van der Waals surface area (Å²) in [5, 5.41) is 23.3. The molecule has 0 aliphatic heterocycles. The summed E-state index contributed by atoms with van der Waals surface area (Å²) in [4.78, 5) is 14.2. The lowest BCUT2D eigenvalue weighted by Gasteiger charge is -2.08. The van der Waals surface area contributed by atoms with Crippen LogP contribution < -0.4 is 14.9 Å². The van der Waals surface area contributed by atoms with E-state index in [1.807, 2.05) is 6.07 Å². The molecule has 9 heteroatoms. The first-order valence-electron chi connectivity index (χ1n) is 6.72. The van der Waals surface area contributed by atoms with E-state index in [1.165, 1.54) is 31.7 Å². The van der Waals surface area contributed by atoms with Crippen molar-refractivity contribution >= 4 is 17.7 Å². The van der Waals surface area contributed by atoms with Crippen molar-refractivity contribution < 1.29 is 14.4 Å². The summed E-state index contributed by atoms with van der Waals surface area (Å²) in [7, 11) is 1.48. The van der Waals surface area contributed by atoms with E-state index in [4.69, 9.17) is 14.7 Å². The smallest absolute Gasteiger partial charge is 0.313 e. The Morgan fingerprint density at radius 2 is 2.29 bits per heavy atom. The molecule has 0 aliphatic rings. The largest absolute Gasteiger partial charge is 0.493 e. The number of hydrogen-bond acceptors (Lipinski definition) is 8. The summed E-state index contributed by atoms with van der Waals surface area (Å²) in [5.74, 6) is 0.919. The minimum absolute atomic E-state index is 0.0414. The van der Waals surface area contributed by atoms with Crippen LogP contribution in [0.15, 0.2) is 41.6 Å². The van der Waals surface area contributed by atoms with Gasteiger partial charge in [0.25, 0.3) is 0 Å². The van der Waals surface area contributed by atoms with Crippen molar-refractivity contribution in [2.24, 2.45) is 5.10 Å². The number of nitro groups is 1. The highest BCUT2D eigenvalue weighted by atomic mass is 16.6. The van der Waals surface area contributed by atoms with Gasteiger partial charge in [0.1, 0.15) is 6.07 Å². The summed E-state index contributed by atoms with van der Waals surface area (Å²) < 4.78 is 10.4. The van der Waals surface area contributed by atoms with Crippen LogP contribution in [0.2, 0.25) is 0 Å². The zero-order valence-corrected chi connectivity index (χ0v) is 12.7. The van der Waals surface area contributed by atoms with Crippen LogP contribution in [0, 0.1) is 21.4 Å². The van der Waals surface area contributed by atoms with Crippen LogP contribution in [0.4, 0.5) is 11.5 Å². The predicted octanol–water partition coefficient (Wildman–Crippen LogP) is 2.35. The molecule has 24 heavy (non-hydrogen) atoms. The van der Waals surface area contributed by atoms with Gasteiger partial charge in [0.2, 0.25) is 5.82 Å². The van der Waals surface area contributed by atoms with Gasteiger partial charge in [0.05, 0.1) is 18.2 Å². The number of aromatic nitrogens is 1. The first-order valence-corrected chi connectivity index (χ1v) is 6.72. The van der Waals surface area contributed by atoms with Crippen LogP contribution in [0.25, 0.3) is 0 Å². The predicted molar refractivity (Wildman–Crippen MR) is 86.2 cm³/mol. The van der Waals surface area contributed by atoms with E-state index in [1.54, 1.807) is 18.2 Å². The fourth-order valence-electron chi connectivity index (χ4n) is 1.79. The lowest BCUT2D eigenvalue weighted by atomic mass is 10.2.